The summed E-state index contributed by atoms with van der Waals surface area (Å²) >= 11 is 0. The van der Waals surface area contributed by atoms with E-state index >= 15 is 0 Å². The molecule has 108 valence electrons. The zero-order valence-corrected chi connectivity index (χ0v) is 14.0. The van der Waals surface area contributed by atoms with E-state index in [1.165, 1.54) is 12.8 Å². The molecular formula is C15H27NO2Si. The van der Waals surface area contributed by atoms with E-state index in [1.54, 1.807) is 0 Å². The number of carbonyl (C=O) groups excluding carboxylic acids is 1. The highest BCUT2D eigenvalue weighted by Crippen LogP contribution is 2.63. The Balaban J connectivity index is 1.65. The Morgan fingerprint density at radius 3 is 2.74 bits per heavy atom. The second-order valence-electron chi connectivity index (χ2n) is 8.23. The quantitative estimate of drug-likeness (QED) is 0.744. The van der Waals surface area contributed by atoms with Crippen LogP contribution in [-0.4, -0.2) is 37.3 Å². The molecule has 1 amide bonds. The molecule has 2 heterocycles. The van der Waals surface area contributed by atoms with Gasteiger partial charge in [0.15, 0.2) is 8.32 Å². The van der Waals surface area contributed by atoms with E-state index in [9.17, 15) is 4.79 Å². The van der Waals surface area contributed by atoms with Crippen molar-refractivity contribution in [3.63, 3.8) is 0 Å². The zero-order valence-electron chi connectivity index (χ0n) is 13.0. The Morgan fingerprint density at radius 2 is 2.11 bits per heavy atom. The number of hydrogen-bond acceptors (Lipinski definition) is 2. The number of rotatable bonds is 3. The third-order valence-corrected chi connectivity index (χ3v) is 10.6. The maximum absolute atomic E-state index is 12.1. The molecule has 3 nitrogen and oxygen atoms in total. The summed E-state index contributed by atoms with van der Waals surface area (Å²) < 4.78 is 6.34. The topological polar surface area (TPSA) is 29.5 Å². The molecule has 1 spiro atoms. The Hall–Kier alpha value is -0.353. The summed E-state index contributed by atoms with van der Waals surface area (Å²) in [4.78, 5) is 14.3. The first kappa shape index (κ1) is 13.6. The fourth-order valence-electron chi connectivity index (χ4n) is 3.75. The molecule has 0 bridgehead atoms. The molecule has 0 aromatic rings. The van der Waals surface area contributed by atoms with Gasteiger partial charge in [-0.15, -0.1) is 0 Å². The maximum Gasteiger partial charge on any atom is 0.223 e. The second-order valence-corrected chi connectivity index (χ2v) is 13.0. The standard InChI is InChI=1S/C15H27NO2Si/c1-14(2,3)19(4,5)18-10-12-8-11-9-15(11)7-6-13(17)16(12)15/h11-12H,6-10H2,1-5H3/t11-,12+,15+/m0/s1. The van der Waals surface area contributed by atoms with E-state index in [0.717, 1.165) is 25.4 Å². The van der Waals surface area contributed by atoms with Crippen LogP contribution in [0.15, 0.2) is 0 Å². The summed E-state index contributed by atoms with van der Waals surface area (Å²) in [5, 5.41) is 0.251. The fraction of sp³-hybridized carbons (Fsp3) is 0.933. The Kier molecular flexibility index (Phi) is 2.76. The van der Waals surface area contributed by atoms with Gasteiger partial charge >= 0.3 is 0 Å². The number of hydrogen-bond donors (Lipinski definition) is 0. The summed E-state index contributed by atoms with van der Waals surface area (Å²) in [5.74, 6) is 1.16. The van der Waals surface area contributed by atoms with E-state index in [0.29, 0.717) is 17.5 Å². The molecule has 3 atom stereocenters. The molecule has 2 saturated heterocycles. The van der Waals surface area contributed by atoms with Crippen LogP contribution in [0, 0.1) is 5.92 Å². The lowest BCUT2D eigenvalue weighted by molar-refractivity contribution is -0.131. The maximum atomic E-state index is 12.1. The van der Waals surface area contributed by atoms with E-state index < -0.39 is 8.32 Å². The minimum atomic E-state index is -1.69. The number of amides is 1. The van der Waals surface area contributed by atoms with Crippen molar-refractivity contribution in [3.8, 4) is 0 Å². The molecule has 3 aliphatic rings. The van der Waals surface area contributed by atoms with Gasteiger partial charge in [0, 0.05) is 12.0 Å². The molecule has 3 fully saturated rings. The molecule has 0 aromatic heterocycles. The van der Waals surface area contributed by atoms with Crippen LogP contribution in [0.4, 0.5) is 0 Å². The minimum Gasteiger partial charge on any atom is -0.415 e. The van der Waals surface area contributed by atoms with Crippen LogP contribution in [0.25, 0.3) is 0 Å². The monoisotopic (exact) mass is 281 g/mol. The third-order valence-electron chi connectivity index (χ3n) is 6.08. The SMILES string of the molecule is CC(C)(C)[Si](C)(C)OC[C@H]1C[C@H]2C[C@]23CCC(=O)N13. The molecule has 19 heavy (non-hydrogen) atoms. The predicted octanol–water partition coefficient (Wildman–Crippen LogP) is 3.16. The van der Waals surface area contributed by atoms with Crippen LogP contribution >= 0.6 is 0 Å². The van der Waals surface area contributed by atoms with Gasteiger partial charge in [-0.05, 0) is 43.3 Å². The lowest BCUT2D eigenvalue weighted by atomic mass is 10.1. The van der Waals surface area contributed by atoms with Crippen LogP contribution in [0.3, 0.4) is 0 Å². The van der Waals surface area contributed by atoms with Crippen molar-refractivity contribution < 1.29 is 9.22 Å². The predicted molar refractivity (Wildman–Crippen MR) is 78.5 cm³/mol. The van der Waals surface area contributed by atoms with E-state index in [-0.39, 0.29) is 5.04 Å². The van der Waals surface area contributed by atoms with Crippen molar-refractivity contribution in [2.45, 2.75) is 76.2 Å². The summed E-state index contributed by atoms with van der Waals surface area (Å²) in [7, 11) is -1.69. The lowest BCUT2D eigenvalue weighted by Crippen LogP contribution is -2.47. The normalized spacial score (nSPS) is 37.5. The van der Waals surface area contributed by atoms with Crippen molar-refractivity contribution in [3.05, 3.63) is 0 Å². The molecule has 0 radical (unpaired) electrons. The van der Waals surface area contributed by atoms with Crippen LogP contribution < -0.4 is 0 Å². The Morgan fingerprint density at radius 1 is 1.42 bits per heavy atom. The second kappa shape index (κ2) is 3.85. The minimum absolute atomic E-state index is 0.251. The Labute approximate surface area is 117 Å². The number of nitrogens with zero attached hydrogens (tertiary/aromatic N) is 1. The first-order valence-corrected chi connectivity index (χ1v) is 10.5. The molecule has 1 saturated carbocycles. The van der Waals surface area contributed by atoms with Crippen molar-refractivity contribution in [1.29, 1.82) is 0 Å². The van der Waals surface area contributed by atoms with E-state index in [4.69, 9.17) is 4.43 Å². The van der Waals surface area contributed by atoms with Gasteiger partial charge in [-0.25, -0.2) is 0 Å². The van der Waals surface area contributed by atoms with Gasteiger partial charge in [0.05, 0.1) is 12.6 Å². The Bertz CT molecular complexity index is 415. The van der Waals surface area contributed by atoms with Gasteiger partial charge in [-0.3, -0.25) is 4.79 Å². The van der Waals surface area contributed by atoms with Crippen LogP contribution in [0.5, 0.6) is 0 Å². The highest BCUT2D eigenvalue weighted by Gasteiger charge is 2.68. The van der Waals surface area contributed by atoms with Crippen LogP contribution in [0.1, 0.15) is 46.5 Å². The van der Waals surface area contributed by atoms with Gasteiger partial charge in [0.2, 0.25) is 5.91 Å². The molecule has 2 aliphatic heterocycles. The van der Waals surface area contributed by atoms with Gasteiger partial charge < -0.3 is 9.33 Å². The lowest BCUT2D eigenvalue weighted by Gasteiger charge is -2.38. The smallest absolute Gasteiger partial charge is 0.223 e. The highest BCUT2D eigenvalue weighted by atomic mass is 28.4. The molecule has 0 unspecified atom stereocenters. The van der Waals surface area contributed by atoms with Gasteiger partial charge in [0.25, 0.3) is 0 Å². The average Bonchev–Trinajstić information content (AvgIpc) is 2.70. The first-order valence-electron chi connectivity index (χ1n) is 7.63. The van der Waals surface area contributed by atoms with Gasteiger partial charge in [-0.2, -0.15) is 0 Å². The van der Waals surface area contributed by atoms with Crippen molar-refractivity contribution in [2.24, 2.45) is 5.92 Å². The first-order chi connectivity index (χ1) is 8.67. The summed E-state index contributed by atoms with van der Waals surface area (Å²) in [6, 6.07) is 0.364. The van der Waals surface area contributed by atoms with Gasteiger partial charge in [-0.1, -0.05) is 20.8 Å². The summed E-state index contributed by atoms with van der Waals surface area (Å²) in [5.41, 5.74) is 0.290. The zero-order chi connectivity index (χ0) is 14.1. The molecule has 1 aliphatic carbocycles. The summed E-state index contributed by atoms with van der Waals surface area (Å²) in [6.45, 7) is 12.2. The number of piperidine rings is 1. The number of carbonyl (C=O) groups is 1. The largest absolute Gasteiger partial charge is 0.415 e. The molecular weight excluding hydrogens is 254 g/mol. The third kappa shape index (κ3) is 1.90. The van der Waals surface area contributed by atoms with Gasteiger partial charge in [0.1, 0.15) is 0 Å². The fourth-order valence-corrected chi connectivity index (χ4v) is 4.79. The molecule has 4 heteroatoms. The van der Waals surface area contributed by atoms with Crippen molar-refractivity contribution in [1.82, 2.24) is 4.90 Å². The van der Waals surface area contributed by atoms with Crippen LogP contribution in [-0.2, 0) is 9.22 Å². The highest BCUT2D eigenvalue weighted by molar-refractivity contribution is 6.74. The van der Waals surface area contributed by atoms with Crippen molar-refractivity contribution in [2.75, 3.05) is 6.61 Å². The summed E-state index contributed by atoms with van der Waals surface area (Å²) in [6.07, 6.45) is 4.32. The average molecular weight is 281 g/mol. The molecule has 0 aromatic carbocycles. The van der Waals surface area contributed by atoms with Crippen molar-refractivity contribution >= 4 is 14.2 Å². The van der Waals surface area contributed by atoms with E-state index in [1.807, 2.05) is 0 Å². The van der Waals surface area contributed by atoms with E-state index in [2.05, 4.69) is 38.8 Å². The molecule has 0 N–H and O–H groups in total. The molecule has 3 rings (SSSR count). The van der Waals surface area contributed by atoms with Crippen LogP contribution in [0.2, 0.25) is 18.1 Å².